The number of nitrogens with zero attached hydrogens (tertiary/aromatic N) is 4. The molecule has 0 fully saturated rings. The summed E-state index contributed by atoms with van der Waals surface area (Å²) in [5, 5.41) is 10.5. The number of likely N-dealkylation sites (N-methyl/N-ethyl adjacent to an activating group) is 1. The largest absolute Gasteiger partial charge is 0.489 e. The number of nitrogens with one attached hydrogen (secondary N) is 2. The normalized spacial score (nSPS) is 20.3. The molecule has 0 bridgehead atoms. The van der Waals surface area contributed by atoms with Crippen molar-refractivity contribution in [1.29, 1.82) is 0 Å². The van der Waals surface area contributed by atoms with Crippen LogP contribution in [0.1, 0.15) is 28.0 Å². The second-order valence-electron chi connectivity index (χ2n) is 7.52. The first-order chi connectivity index (χ1) is 15.1. The first kappa shape index (κ1) is 19.3. The van der Waals surface area contributed by atoms with Crippen molar-refractivity contribution < 1.29 is 14.3 Å². The monoisotopic (exact) mass is 418 g/mol. The highest BCUT2D eigenvalue weighted by molar-refractivity contribution is 6.02. The molecule has 0 saturated heterocycles. The summed E-state index contributed by atoms with van der Waals surface area (Å²) in [7, 11) is 1.67. The maximum Gasteiger partial charge on any atom is 0.291 e. The van der Waals surface area contributed by atoms with Crippen LogP contribution in [0.4, 0.5) is 5.69 Å². The molecular formula is C22H22N6O3. The molecule has 158 valence electrons. The molecule has 31 heavy (non-hydrogen) atoms. The van der Waals surface area contributed by atoms with Gasteiger partial charge in [-0.25, -0.2) is 9.67 Å². The van der Waals surface area contributed by atoms with E-state index in [1.54, 1.807) is 23.9 Å². The van der Waals surface area contributed by atoms with Gasteiger partial charge < -0.3 is 20.3 Å². The molecular weight excluding hydrogens is 396 g/mol. The van der Waals surface area contributed by atoms with Crippen LogP contribution in [-0.2, 0) is 11.3 Å². The van der Waals surface area contributed by atoms with E-state index in [1.165, 1.54) is 4.90 Å². The van der Waals surface area contributed by atoms with Crippen molar-refractivity contribution in [1.82, 2.24) is 25.4 Å². The molecule has 0 radical (unpaired) electrons. The van der Waals surface area contributed by atoms with E-state index in [-0.39, 0.29) is 24.4 Å². The Morgan fingerprint density at radius 3 is 2.77 bits per heavy atom. The molecule has 1 aromatic heterocycles. The maximum absolute atomic E-state index is 12.9. The third kappa shape index (κ3) is 3.53. The van der Waals surface area contributed by atoms with Gasteiger partial charge in [-0.15, -0.1) is 5.10 Å². The SMILES string of the molecule is CN1C(=O)[C@@H](NC(=O)c2nc3n(n2)CCN[C@@H]3c2ccccc2)COc2ccccc21. The van der Waals surface area contributed by atoms with Gasteiger partial charge in [-0.2, -0.15) is 0 Å². The Labute approximate surface area is 179 Å². The number of fused-ring (bicyclic) bond motifs is 2. The minimum atomic E-state index is -0.839. The number of hydrogen-bond acceptors (Lipinski definition) is 6. The van der Waals surface area contributed by atoms with E-state index < -0.39 is 11.9 Å². The molecule has 2 aliphatic heterocycles. The number of rotatable bonds is 3. The third-order valence-corrected chi connectivity index (χ3v) is 5.53. The second-order valence-corrected chi connectivity index (χ2v) is 7.52. The van der Waals surface area contributed by atoms with Crippen LogP contribution in [-0.4, -0.2) is 52.8 Å². The number of aromatic nitrogens is 3. The lowest BCUT2D eigenvalue weighted by atomic mass is 10.1. The average molecular weight is 418 g/mol. The standard InChI is InChI=1S/C22H22N6O3/c1-27-16-9-5-6-10-17(16)31-13-15(22(27)30)24-21(29)19-25-20-18(14-7-3-2-4-8-14)23-11-12-28(20)26-19/h2-10,15,18,23H,11-13H2,1H3,(H,24,29)/t15-,18+/m0/s1. The zero-order valence-electron chi connectivity index (χ0n) is 17.0. The van der Waals surface area contributed by atoms with E-state index >= 15 is 0 Å². The Kier molecular flexibility index (Phi) is 4.87. The molecule has 0 saturated carbocycles. The van der Waals surface area contributed by atoms with Crippen LogP contribution in [0.3, 0.4) is 0 Å². The highest BCUT2D eigenvalue weighted by Gasteiger charge is 2.33. The summed E-state index contributed by atoms with van der Waals surface area (Å²) in [6, 6.07) is 16.2. The maximum atomic E-state index is 12.9. The molecule has 0 unspecified atom stereocenters. The molecule has 2 N–H and O–H groups in total. The number of anilines is 1. The van der Waals surface area contributed by atoms with Crippen LogP contribution in [0, 0.1) is 0 Å². The number of ether oxygens (including phenoxy) is 1. The van der Waals surface area contributed by atoms with Crippen molar-refractivity contribution in [2.24, 2.45) is 0 Å². The van der Waals surface area contributed by atoms with Crippen molar-refractivity contribution in [3.05, 3.63) is 71.8 Å². The van der Waals surface area contributed by atoms with Crippen molar-refractivity contribution in [2.75, 3.05) is 25.1 Å². The number of hydrogen-bond donors (Lipinski definition) is 2. The highest BCUT2D eigenvalue weighted by Crippen LogP contribution is 2.30. The second kappa shape index (κ2) is 7.84. The minimum Gasteiger partial charge on any atom is -0.489 e. The molecule has 0 aliphatic carbocycles. The summed E-state index contributed by atoms with van der Waals surface area (Å²) in [5.74, 6) is 0.552. The van der Waals surface area contributed by atoms with Crippen molar-refractivity contribution in [3.8, 4) is 5.75 Å². The Bertz CT molecular complexity index is 1130. The van der Waals surface area contributed by atoms with Crippen molar-refractivity contribution in [2.45, 2.75) is 18.6 Å². The summed E-state index contributed by atoms with van der Waals surface area (Å²) in [6.45, 7) is 1.37. The fourth-order valence-corrected chi connectivity index (χ4v) is 3.93. The van der Waals surface area contributed by atoms with E-state index in [1.807, 2.05) is 42.5 Å². The van der Waals surface area contributed by atoms with Gasteiger partial charge in [0.1, 0.15) is 24.2 Å². The first-order valence-corrected chi connectivity index (χ1v) is 10.1. The van der Waals surface area contributed by atoms with Gasteiger partial charge >= 0.3 is 0 Å². The number of benzene rings is 2. The van der Waals surface area contributed by atoms with Gasteiger partial charge in [0, 0.05) is 13.6 Å². The number of para-hydroxylation sites is 2. The van der Waals surface area contributed by atoms with Crippen LogP contribution >= 0.6 is 0 Å². The van der Waals surface area contributed by atoms with Crippen LogP contribution < -0.4 is 20.3 Å². The predicted octanol–water partition coefficient (Wildman–Crippen LogP) is 1.12. The van der Waals surface area contributed by atoms with Gasteiger partial charge in [0.25, 0.3) is 11.8 Å². The predicted molar refractivity (Wildman–Crippen MR) is 113 cm³/mol. The van der Waals surface area contributed by atoms with Crippen LogP contribution in [0.5, 0.6) is 5.75 Å². The fourth-order valence-electron chi connectivity index (χ4n) is 3.93. The molecule has 3 heterocycles. The molecule has 2 aromatic carbocycles. The van der Waals surface area contributed by atoms with Crippen LogP contribution in [0.2, 0.25) is 0 Å². The van der Waals surface area contributed by atoms with Crippen LogP contribution in [0.25, 0.3) is 0 Å². The molecule has 5 rings (SSSR count). The quantitative estimate of drug-likeness (QED) is 0.661. The van der Waals surface area contributed by atoms with E-state index in [9.17, 15) is 9.59 Å². The summed E-state index contributed by atoms with van der Waals surface area (Å²) in [5.41, 5.74) is 1.71. The molecule has 2 atom stereocenters. The highest BCUT2D eigenvalue weighted by atomic mass is 16.5. The summed E-state index contributed by atoms with van der Waals surface area (Å²) in [4.78, 5) is 31.8. The average Bonchev–Trinajstić information content (AvgIpc) is 3.22. The lowest BCUT2D eigenvalue weighted by Gasteiger charge is -2.23. The van der Waals surface area contributed by atoms with Gasteiger partial charge in [-0.05, 0) is 17.7 Å². The van der Waals surface area contributed by atoms with E-state index in [0.29, 0.717) is 23.8 Å². The smallest absolute Gasteiger partial charge is 0.291 e. The molecule has 3 aromatic rings. The molecule has 2 aliphatic rings. The molecule has 2 amide bonds. The Morgan fingerprint density at radius 1 is 1.16 bits per heavy atom. The number of carbonyl (C=O) groups is 2. The lowest BCUT2D eigenvalue weighted by Crippen LogP contribution is -2.49. The van der Waals surface area contributed by atoms with Gasteiger partial charge in [0.2, 0.25) is 5.82 Å². The third-order valence-electron chi connectivity index (χ3n) is 5.53. The van der Waals surface area contributed by atoms with E-state index in [0.717, 1.165) is 12.1 Å². The Morgan fingerprint density at radius 2 is 1.94 bits per heavy atom. The number of carbonyl (C=O) groups excluding carboxylic acids is 2. The molecule has 9 nitrogen and oxygen atoms in total. The van der Waals surface area contributed by atoms with Crippen LogP contribution in [0.15, 0.2) is 54.6 Å². The molecule has 9 heteroatoms. The van der Waals surface area contributed by atoms with Gasteiger partial charge in [-0.3, -0.25) is 9.59 Å². The molecule has 0 spiro atoms. The summed E-state index contributed by atoms with van der Waals surface area (Å²) < 4.78 is 7.51. The summed E-state index contributed by atoms with van der Waals surface area (Å²) >= 11 is 0. The lowest BCUT2D eigenvalue weighted by molar-refractivity contribution is -0.120. The van der Waals surface area contributed by atoms with Crippen molar-refractivity contribution in [3.63, 3.8) is 0 Å². The Balaban J connectivity index is 1.36. The van der Waals surface area contributed by atoms with Gasteiger partial charge in [0.05, 0.1) is 18.3 Å². The van der Waals surface area contributed by atoms with Gasteiger partial charge in [0.15, 0.2) is 0 Å². The summed E-state index contributed by atoms with van der Waals surface area (Å²) in [6.07, 6.45) is 0. The zero-order chi connectivity index (χ0) is 21.4. The first-order valence-electron chi connectivity index (χ1n) is 10.1. The topological polar surface area (TPSA) is 101 Å². The zero-order valence-corrected chi connectivity index (χ0v) is 17.0. The Hall–Kier alpha value is -3.72. The van der Waals surface area contributed by atoms with E-state index in [2.05, 4.69) is 20.7 Å². The van der Waals surface area contributed by atoms with Gasteiger partial charge in [-0.1, -0.05) is 42.5 Å². The van der Waals surface area contributed by atoms with Crippen molar-refractivity contribution >= 4 is 17.5 Å². The number of amides is 2. The fraction of sp³-hybridized carbons (Fsp3) is 0.273. The minimum absolute atomic E-state index is 0.0354. The van der Waals surface area contributed by atoms with E-state index in [4.69, 9.17) is 4.74 Å².